The molecule has 3 rings (SSSR count). The summed E-state index contributed by atoms with van der Waals surface area (Å²) in [5.74, 6) is -0.261. The number of alkyl halides is 3. The first-order valence-corrected chi connectivity index (χ1v) is 8.24. The van der Waals surface area contributed by atoms with Gasteiger partial charge in [-0.25, -0.2) is 4.79 Å². The average Bonchev–Trinajstić information content (AvgIpc) is 2.45. The zero-order valence-corrected chi connectivity index (χ0v) is 14.4. The number of hydrogen-bond acceptors (Lipinski definition) is 3. The van der Waals surface area contributed by atoms with Crippen LogP contribution in [0.1, 0.15) is 44.4 Å². The normalized spacial score (nSPS) is 23.2. The molecule has 0 radical (unpaired) electrons. The van der Waals surface area contributed by atoms with Crippen LogP contribution in [-0.2, 0) is 17.5 Å². The van der Waals surface area contributed by atoms with E-state index in [1.54, 1.807) is 25.7 Å². The van der Waals surface area contributed by atoms with Crippen LogP contribution in [0.3, 0.4) is 0 Å². The van der Waals surface area contributed by atoms with Gasteiger partial charge in [0.1, 0.15) is 5.60 Å². The van der Waals surface area contributed by atoms with E-state index in [2.05, 4.69) is 0 Å². The number of pyridine rings is 1. The number of hydrogen-bond donors (Lipinski definition) is 0. The van der Waals surface area contributed by atoms with Crippen LogP contribution in [0.15, 0.2) is 16.9 Å². The van der Waals surface area contributed by atoms with Crippen LogP contribution in [0, 0.1) is 5.92 Å². The molecule has 0 N–H and O–H groups in total. The molecule has 1 amide bonds. The Morgan fingerprint density at radius 1 is 1.16 bits per heavy atom. The summed E-state index contributed by atoms with van der Waals surface area (Å²) >= 11 is 0. The second kappa shape index (κ2) is 5.78. The van der Waals surface area contributed by atoms with Crippen molar-refractivity contribution in [2.24, 2.45) is 5.92 Å². The standard InChI is InChI=1S/C17H21F3N2O3/c1-16(2,3)25-15(24)21-7-10-4-11(9-21)13-5-12(17(18,19)20)6-14(23)22(13)8-10/h5-6,10-11H,4,7-9H2,1-3H3/t10-,11+/m0/s1. The third-order valence-electron chi connectivity index (χ3n) is 4.54. The lowest BCUT2D eigenvalue weighted by atomic mass is 9.83. The molecular weight excluding hydrogens is 337 g/mol. The molecular formula is C17H21F3N2O3. The molecule has 3 heterocycles. The zero-order valence-electron chi connectivity index (χ0n) is 14.4. The third kappa shape index (κ3) is 3.67. The van der Waals surface area contributed by atoms with Crippen molar-refractivity contribution in [2.75, 3.05) is 13.1 Å². The Bertz CT molecular complexity index is 749. The van der Waals surface area contributed by atoms with Gasteiger partial charge in [0.2, 0.25) is 0 Å². The van der Waals surface area contributed by atoms with Crippen LogP contribution < -0.4 is 5.56 Å². The van der Waals surface area contributed by atoms with E-state index >= 15 is 0 Å². The maximum absolute atomic E-state index is 13.0. The number of carbonyl (C=O) groups is 1. The molecule has 8 heteroatoms. The van der Waals surface area contributed by atoms with Gasteiger partial charge in [0.15, 0.2) is 0 Å². The van der Waals surface area contributed by atoms with Gasteiger partial charge < -0.3 is 14.2 Å². The van der Waals surface area contributed by atoms with E-state index in [-0.39, 0.29) is 18.4 Å². The molecule has 0 aliphatic carbocycles. The van der Waals surface area contributed by atoms with Crippen molar-refractivity contribution >= 4 is 6.09 Å². The van der Waals surface area contributed by atoms with Gasteiger partial charge in [-0.15, -0.1) is 0 Å². The van der Waals surface area contributed by atoms with E-state index in [0.29, 0.717) is 31.3 Å². The lowest BCUT2D eigenvalue weighted by Gasteiger charge is -2.43. The van der Waals surface area contributed by atoms with E-state index in [0.717, 1.165) is 6.07 Å². The number of rotatable bonds is 0. The molecule has 1 aromatic rings. The Morgan fingerprint density at radius 2 is 1.84 bits per heavy atom. The number of fused-ring (bicyclic) bond motifs is 4. The number of carbonyl (C=O) groups excluding carboxylic acids is 1. The number of halogens is 3. The molecule has 2 aliphatic heterocycles. The van der Waals surface area contributed by atoms with E-state index in [9.17, 15) is 22.8 Å². The average molecular weight is 358 g/mol. The number of piperidine rings is 1. The fourth-order valence-corrected chi connectivity index (χ4v) is 3.60. The number of ether oxygens (including phenoxy) is 1. The van der Waals surface area contributed by atoms with Gasteiger partial charge in [0.25, 0.3) is 5.56 Å². The molecule has 1 aromatic heterocycles. The van der Waals surface area contributed by atoms with Gasteiger partial charge >= 0.3 is 12.3 Å². The van der Waals surface area contributed by atoms with Gasteiger partial charge in [-0.05, 0) is 39.2 Å². The molecule has 138 valence electrons. The molecule has 0 aromatic carbocycles. The summed E-state index contributed by atoms with van der Waals surface area (Å²) < 4.78 is 45.8. The minimum Gasteiger partial charge on any atom is -0.444 e. The van der Waals surface area contributed by atoms with E-state index in [1.807, 2.05) is 0 Å². The molecule has 0 spiro atoms. The van der Waals surface area contributed by atoms with Crippen LogP contribution >= 0.6 is 0 Å². The zero-order chi connectivity index (χ0) is 18.6. The first kappa shape index (κ1) is 17.8. The highest BCUT2D eigenvalue weighted by Gasteiger charge is 2.40. The van der Waals surface area contributed by atoms with Crippen molar-refractivity contribution in [1.29, 1.82) is 0 Å². The summed E-state index contributed by atoms with van der Waals surface area (Å²) in [5.41, 5.74) is -1.85. The van der Waals surface area contributed by atoms with Crippen molar-refractivity contribution < 1.29 is 22.7 Å². The highest BCUT2D eigenvalue weighted by Crippen LogP contribution is 2.38. The van der Waals surface area contributed by atoms with Crippen molar-refractivity contribution in [3.05, 3.63) is 33.7 Å². The Labute approximate surface area is 143 Å². The molecule has 0 unspecified atom stereocenters. The maximum atomic E-state index is 13.0. The number of nitrogens with zero attached hydrogens (tertiary/aromatic N) is 2. The summed E-state index contributed by atoms with van der Waals surface area (Å²) in [6.07, 6.45) is -4.37. The molecule has 1 fully saturated rings. The van der Waals surface area contributed by atoms with Gasteiger partial charge in [-0.1, -0.05) is 0 Å². The number of likely N-dealkylation sites (tertiary alicyclic amines) is 1. The molecule has 2 bridgehead atoms. The Balaban J connectivity index is 1.90. The van der Waals surface area contributed by atoms with Crippen LogP contribution in [0.25, 0.3) is 0 Å². The monoisotopic (exact) mass is 358 g/mol. The summed E-state index contributed by atoms with van der Waals surface area (Å²) in [5, 5.41) is 0. The van der Waals surface area contributed by atoms with Crippen molar-refractivity contribution in [3.63, 3.8) is 0 Å². The predicted molar refractivity (Wildman–Crippen MR) is 84.4 cm³/mol. The van der Waals surface area contributed by atoms with Gasteiger partial charge in [0, 0.05) is 37.3 Å². The third-order valence-corrected chi connectivity index (χ3v) is 4.54. The largest absolute Gasteiger partial charge is 0.444 e. The summed E-state index contributed by atoms with van der Waals surface area (Å²) in [6, 6.07) is 1.69. The molecule has 1 saturated heterocycles. The molecule has 5 nitrogen and oxygen atoms in total. The van der Waals surface area contributed by atoms with E-state index in [1.165, 1.54) is 4.57 Å². The van der Waals surface area contributed by atoms with E-state index < -0.39 is 29.0 Å². The highest BCUT2D eigenvalue weighted by molar-refractivity contribution is 5.68. The molecule has 2 atom stereocenters. The molecule has 0 saturated carbocycles. The Morgan fingerprint density at radius 3 is 2.44 bits per heavy atom. The smallest absolute Gasteiger partial charge is 0.416 e. The van der Waals surface area contributed by atoms with Crippen LogP contribution in [-0.4, -0.2) is 34.3 Å². The second-order valence-corrected chi connectivity index (χ2v) is 7.80. The van der Waals surface area contributed by atoms with Crippen molar-refractivity contribution in [3.8, 4) is 0 Å². The fourth-order valence-electron chi connectivity index (χ4n) is 3.60. The summed E-state index contributed by atoms with van der Waals surface area (Å²) in [7, 11) is 0. The van der Waals surface area contributed by atoms with Crippen LogP contribution in [0.2, 0.25) is 0 Å². The van der Waals surface area contributed by atoms with Crippen molar-refractivity contribution in [1.82, 2.24) is 9.47 Å². The van der Waals surface area contributed by atoms with Gasteiger partial charge in [-0.3, -0.25) is 4.79 Å². The number of aromatic nitrogens is 1. The van der Waals surface area contributed by atoms with Gasteiger partial charge in [-0.2, -0.15) is 13.2 Å². The first-order valence-electron chi connectivity index (χ1n) is 8.24. The fraction of sp³-hybridized carbons (Fsp3) is 0.647. The summed E-state index contributed by atoms with van der Waals surface area (Å²) in [6.45, 7) is 6.31. The SMILES string of the molecule is CC(C)(C)OC(=O)N1C[C@@H]2C[C@H](C1)c1cc(C(F)(F)F)cc(=O)n1C2. The predicted octanol–water partition coefficient (Wildman–Crippen LogP) is 3.22. The van der Waals surface area contributed by atoms with Gasteiger partial charge in [0.05, 0.1) is 5.56 Å². The highest BCUT2D eigenvalue weighted by atomic mass is 19.4. The molecule has 2 aliphatic rings. The van der Waals surface area contributed by atoms with Crippen LogP contribution in [0.4, 0.5) is 18.0 Å². The lowest BCUT2D eigenvalue weighted by Crippen LogP contribution is -2.50. The summed E-state index contributed by atoms with van der Waals surface area (Å²) in [4.78, 5) is 26.0. The lowest BCUT2D eigenvalue weighted by molar-refractivity contribution is -0.137. The molecule has 25 heavy (non-hydrogen) atoms. The minimum absolute atomic E-state index is 0.0354. The second-order valence-electron chi connectivity index (χ2n) is 7.80. The Kier molecular flexibility index (Phi) is 4.12. The quantitative estimate of drug-likeness (QED) is 0.716. The van der Waals surface area contributed by atoms with Crippen LogP contribution in [0.5, 0.6) is 0 Å². The van der Waals surface area contributed by atoms with E-state index in [4.69, 9.17) is 4.74 Å². The number of amides is 1. The minimum atomic E-state index is -4.56. The maximum Gasteiger partial charge on any atom is 0.416 e. The van der Waals surface area contributed by atoms with Crippen molar-refractivity contribution in [2.45, 2.75) is 51.4 Å². The Hall–Kier alpha value is -1.99. The topological polar surface area (TPSA) is 51.5 Å². The first-order chi connectivity index (χ1) is 11.4.